The van der Waals surface area contributed by atoms with Crippen LogP contribution in [0.15, 0.2) is 18.3 Å². The second-order valence-corrected chi connectivity index (χ2v) is 4.98. The van der Waals surface area contributed by atoms with Crippen molar-refractivity contribution in [1.82, 2.24) is 10.3 Å². The summed E-state index contributed by atoms with van der Waals surface area (Å²) < 4.78 is 0. The molecule has 5 nitrogen and oxygen atoms in total. The van der Waals surface area contributed by atoms with Gasteiger partial charge in [0.2, 0.25) is 0 Å². The fraction of sp³-hybridized carbons (Fsp3) is 0.385. The molecule has 1 aromatic rings. The predicted molar refractivity (Wildman–Crippen MR) is 66.2 cm³/mol. The Bertz CT molecular complexity index is 475. The topological polar surface area (TPSA) is 76.1 Å². The number of carbonyl (C=O) groups is 3. The third kappa shape index (κ3) is 4.08. The molecule has 0 atom stereocenters. The van der Waals surface area contributed by atoms with Crippen molar-refractivity contribution in [3.63, 3.8) is 0 Å². The Morgan fingerprint density at radius 1 is 1.39 bits per heavy atom. The lowest BCUT2D eigenvalue weighted by molar-refractivity contribution is -0.129. The maximum atomic E-state index is 12.0. The summed E-state index contributed by atoms with van der Waals surface area (Å²) in [6, 6.07) is 3.24. The number of nitrogens with zero attached hydrogens (tertiary/aromatic N) is 1. The molecule has 0 aliphatic heterocycles. The van der Waals surface area contributed by atoms with Gasteiger partial charge in [-0.3, -0.25) is 19.4 Å². The normalized spacial score (nSPS) is 10.8. The molecular formula is C13H16N2O3. The number of aromatic nitrogens is 1. The molecule has 96 valence electrons. The molecule has 18 heavy (non-hydrogen) atoms. The number of rotatable bonds is 4. The highest BCUT2D eigenvalue weighted by atomic mass is 16.2. The van der Waals surface area contributed by atoms with Crippen molar-refractivity contribution in [3.8, 4) is 0 Å². The Morgan fingerprint density at radius 3 is 2.61 bits per heavy atom. The molecule has 0 spiro atoms. The number of ketones is 1. The number of hydrogen-bond donors (Lipinski definition) is 1. The lowest BCUT2D eigenvalue weighted by Gasteiger charge is -2.20. The van der Waals surface area contributed by atoms with Crippen LogP contribution in [0.25, 0.3) is 0 Å². The van der Waals surface area contributed by atoms with E-state index in [0.29, 0.717) is 5.56 Å². The van der Waals surface area contributed by atoms with Gasteiger partial charge in [-0.25, -0.2) is 0 Å². The highest BCUT2D eigenvalue weighted by molar-refractivity contribution is 6.25. The molecule has 1 heterocycles. The molecule has 1 aromatic heterocycles. The summed E-state index contributed by atoms with van der Waals surface area (Å²) in [5.41, 5.74) is 0.250. The average Bonchev–Trinajstić information content (AvgIpc) is 2.27. The first-order valence-corrected chi connectivity index (χ1v) is 5.58. The van der Waals surface area contributed by atoms with Crippen molar-refractivity contribution in [2.24, 2.45) is 0 Å². The lowest BCUT2D eigenvalue weighted by Crippen LogP contribution is -2.41. The van der Waals surface area contributed by atoms with Gasteiger partial charge in [0.15, 0.2) is 12.1 Å². The number of Topliss-reactive ketones (excluding diaryl/α,β-unsaturated/α-hetero) is 1. The Hall–Kier alpha value is -2.04. The van der Waals surface area contributed by atoms with E-state index in [1.807, 2.05) is 20.8 Å². The van der Waals surface area contributed by atoms with Crippen LogP contribution in [-0.2, 0) is 16.0 Å². The zero-order valence-electron chi connectivity index (χ0n) is 10.7. The maximum Gasteiger partial charge on any atom is 0.270 e. The fourth-order valence-corrected chi connectivity index (χ4v) is 1.41. The van der Waals surface area contributed by atoms with Crippen LogP contribution >= 0.6 is 0 Å². The minimum absolute atomic E-state index is 0.107. The van der Waals surface area contributed by atoms with Gasteiger partial charge in [0.1, 0.15) is 5.69 Å². The van der Waals surface area contributed by atoms with Gasteiger partial charge >= 0.3 is 0 Å². The number of amides is 1. The van der Waals surface area contributed by atoms with Crippen LogP contribution < -0.4 is 5.32 Å². The van der Waals surface area contributed by atoms with E-state index in [2.05, 4.69) is 10.3 Å². The van der Waals surface area contributed by atoms with Crippen molar-refractivity contribution in [2.45, 2.75) is 32.7 Å². The van der Waals surface area contributed by atoms with Crippen LogP contribution in [-0.4, -0.2) is 28.5 Å². The second-order valence-electron chi connectivity index (χ2n) is 4.98. The number of nitrogens with one attached hydrogen (secondary N) is 1. The van der Waals surface area contributed by atoms with E-state index >= 15 is 0 Å². The summed E-state index contributed by atoms with van der Waals surface area (Å²) in [4.78, 5) is 37.4. The standard InChI is InChI=1S/C13H16N2O3/c1-13(2,3)15-12(18)11-9(5-4-6-14-11)7-10(17)8-16/h4-6,8H,7H2,1-3H3,(H,15,18). The summed E-state index contributed by atoms with van der Waals surface area (Å²) in [5, 5.41) is 2.77. The summed E-state index contributed by atoms with van der Waals surface area (Å²) in [6.45, 7) is 5.55. The molecule has 5 heteroatoms. The van der Waals surface area contributed by atoms with Crippen molar-refractivity contribution >= 4 is 18.0 Å². The van der Waals surface area contributed by atoms with Gasteiger partial charge in [-0.15, -0.1) is 0 Å². The zero-order valence-corrected chi connectivity index (χ0v) is 10.7. The second kappa shape index (κ2) is 5.53. The molecule has 0 bridgehead atoms. The first-order valence-electron chi connectivity index (χ1n) is 5.58. The van der Waals surface area contributed by atoms with E-state index in [4.69, 9.17) is 0 Å². The van der Waals surface area contributed by atoms with E-state index in [1.54, 1.807) is 12.1 Å². The smallest absolute Gasteiger partial charge is 0.270 e. The summed E-state index contributed by atoms with van der Waals surface area (Å²) >= 11 is 0. The van der Waals surface area contributed by atoms with Crippen LogP contribution in [0, 0.1) is 0 Å². The van der Waals surface area contributed by atoms with Gasteiger partial charge in [0.05, 0.1) is 0 Å². The largest absolute Gasteiger partial charge is 0.346 e. The zero-order chi connectivity index (χ0) is 13.8. The van der Waals surface area contributed by atoms with E-state index in [0.717, 1.165) is 0 Å². The average molecular weight is 248 g/mol. The third-order valence-corrected chi connectivity index (χ3v) is 2.09. The highest BCUT2D eigenvalue weighted by Crippen LogP contribution is 2.09. The van der Waals surface area contributed by atoms with E-state index in [-0.39, 0.29) is 29.8 Å². The van der Waals surface area contributed by atoms with Crippen LogP contribution in [0.4, 0.5) is 0 Å². The molecule has 0 fully saturated rings. The van der Waals surface area contributed by atoms with Crippen molar-refractivity contribution in [1.29, 1.82) is 0 Å². The first-order chi connectivity index (χ1) is 8.33. The Balaban J connectivity index is 2.98. The molecule has 1 amide bonds. The van der Waals surface area contributed by atoms with E-state index in [9.17, 15) is 14.4 Å². The maximum absolute atomic E-state index is 12.0. The molecular weight excluding hydrogens is 232 g/mol. The number of aldehydes is 1. The first kappa shape index (κ1) is 14.0. The van der Waals surface area contributed by atoms with Gasteiger partial charge in [-0.1, -0.05) is 6.07 Å². The fourth-order valence-electron chi connectivity index (χ4n) is 1.41. The monoisotopic (exact) mass is 248 g/mol. The van der Waals surface area contributed by atoms with E-state index < -0.39 is 5.78 Å². The van der Waals surface area contributed by atoms with Gasteiger partial charge in [0.25, 0.3) is 5.91 Å². The van der Waals surface area contributed by atoms with Gasteiger partial charge < -0.3 is 5.32 Å². The molecule has 0 saturated heterocycles. The minimum atomic E-state index is -0.576. The molecule has 1 rings (SSSR count). The van der Waals surface area contributed by atoms with Crippen molar-refractivity contribution in [3.05, 3.63) is 29.6 Å². The molecule has 0 radical (unpaired) electrons. The van der Waals surface area contributed by atoms with Gasteiger partial charge in [-0.2, -0.15) is 0 Å². The predicted octanol–water partition coefficient (Wildman–Crippen LogP) is 0.920. The summed E-state index contributed by atoms with van der Waals surface area (Å²) in [5.74, 6) is -0.926. The number of hydrogen-bond acceptors (Lipinski definition) is 4. The van der Waals surface area contributed by atoms with Crippen LogP contribution in [0.2, 0.25) is 0 Å². The molecule has 1 N–H and O–H groups in total. The Morgan fingerprint density at radius 2 is 2.06 bits per heavy atom. The Labute approximate surface area is 106 Å². The molecule has 0 unspecified atom stereocenters. The lowest BCUT2D eigenvalue weighted by atomic mass is 10.1. The third-order valence-electron chi connectivity index (χ3n) is 2.09. The SMILES string of the molecule is CC(C)(C)NC(=O)c1ncccc1CC(=O)C=O. The molecule has 0 aromatic carbocycles. The minimum Gasteiger partial charge on any atom is -0.346 e. The van der Waals surface area contributed by atoms with Gasteiger partial charge in [0, 0.05) is 18.2 Å². The summed E-state index contributed by atoms with van der Waals surface area (Å²) in [7, 11) is 0. The quantitative estimate of drug-likeness (QED) is 0.635. The van der Waals surface area contributed by atoms with Crippen LogP contribution in [0.5, 0.6) is 0 Å². The van der Waals surface area contributed by atoms with Crippen molar-refractivity contribution in [2.75, 3.05) is 0 Å². The highest BCUT2D eigenvalue weighted by Gasteiger charge is 2.19. The molecule has 0 aliphatic rings. The number of pyridine rings is 1. The van der Waals surface area contributed by atoms with E-state index in [1.165, 1.54) is 6.20 Å². The van der Waals surface area contributed by atoms with Crippen molar-refractivity contribution < 1.29 is 14.4 Å². The summed E-state index contributed by atoms with van der Waals surface area (Å²) in [6.07, 6.45) is 1.62. The van der Waals surface area contributed by atoms with Gasteiger partial charge in [-0.05, 0) is 32.4 Å². The number of carbonyl (C=O) groups excluding carboxylic acids is 3. The van der Waals surface area contributed by atoms with Crippen LogP contribution in [0.3, 0.4) is 0 Å². The Kier molecular flexibility index (Phi) is 4.31. The van der Waals surface area contributed by atoms with Crippen LogP contribution in [0.1, 0.15) is 36.8 Å². The molecule has 0 saturated carbocycles. The molecule has 0 aliphatic carbocycles.